The molecule has 188 valence electrons. The van der Waals surface area contributed by atoms with Crippen molar-refractivity contribution >= 4 is 0 Å². The van der Waals surface area contributed by atoms with E-state index in [4.69, 9.17) is 10.00 Å². The van der Waals surface area contributed by atoms with Crippen molar-refractivity contribution in [1.82, 2.24) is 0 Å². The smallest absolute Gasteiger partial charge is 0.133 e. The van der Waals surface area contributed by atoms with Crippen LogP contribution in [0.15, 0.2) is 36.4 Å². The highest BCUT2D eigenvalue weighted by molar-refractivity contribution is 5.38. The second kappa shape index (κ2) is 12.7. The molecule has 0 aromatic heterocycles. The number of rotatable bonds is 6. The van der Waals surface area contributed by atoms with Gasteiger partial charge in [-0.2, -0.15) is 5.26 Å². The Kier molecular flexibility index (Phi) is 13.6. The molecule has 0 aliphatic heterocycles. The van der Waals surface area contributed by atoms with Crippen LogP contribution in [-0.4, -0.2) is 5.60 Å². The molecule has 0 fully saturated rings. The summed E-state index contributed by atoms with van der Waals surface area (Å²) in [6, 6.07) is 12.1. The second-order valence-corrected chi connectivity index (χ2v) is 9.64. The first-order chi connectivity index (χ1) is 13.3. The fraction of sp³-hybridized carbons (Fsp3) is 0.552. The van der Waals surface area contributed by atoms with E-state index in [1.807, 2.05) is 46.8 Å². The van der Waals surface area contributed by atoms with Gasteiger partial charge in [0.25, 0.3) is 0 Å². The monoisotopic (exact) mass is 463 g/mol. The number of hydrogen-bond acceptors (Lipinski definition) is 2. The number of benzene rings is 2. The predicted octanol–water partition coefficient (Wildman–Crippen LogP) is 9.59. The topological polar surface area (TPSA) is 33.0 Å². The summed E-state index contributed by atoms with van der Waals surface area (Å²) in [4.78, 5) is 0. The van der Waals surface area contributed by atoms with Gasteiger partial charge in [-0.25, -0.2) is 8.78 Å². The molecule has 0 aliphatic rings. The van der Waals surface area contributed by atoms with Gasteiger partial charge < -0.3 is 4.74 Å². The van der Waals surface area contributed by atoms with Crippen molar-refractivity contribution in [2.24, 2.45) is 0 Å². The first kappa shape index (κ1) is 35.2. The van der Waals surface area contributed by atoms with E-state index in [0.29, 0.717) is 12.0 Å². The van der Waals surface area contributed by atoms with Gasteiger partial charge in [-0.15, -0.1) is 0 Å². The van der Waals surface area contributed by atoms with Gasteiger partial charge in [-0.05, 0) is 62.1 Å². The van der Waals surface area contributed by atoms with Gasteiger partial charge in [0.1, 0.15) is 23.0 Å². The maximum Gasteiger partial charge on any atom is 0.133 e. The summed E-state index contributed by atoms with van der Waals surface area (Å²) < 4.78 is 35.6. The van der Waals surface area contributed by atoms with Crippen molar-refractivity contribution in [2.75, 3.05) is 0 Å². The Morgan fingerprint density at radius 1 is 0.848 bits per heavy atom. The Hall–Kier alpha value is -2.41. The third-order valence-corrected chi connectivity index (χ3v) is 5.44. The molecule has 0 bridgehead atoms. The molecule has 0 N–H and O–H groups in total. The Morgan fingerprint density at radius 2 is 1.30 bits per heavy atom. The standard InChI is InChI=1S/C25H31F2NO.4CH4/c1-8-25(7,18-11-9-17(15-28)10-12-18)16-24(5,6)22-20(26)13-19(14-21(22)27)29-23(2,3)4;;;;/h9-14H,8,16H2,1-7H3;4*1H4. The van der Waals surface area contributed by atoms with Gasteiger partial charge in [0.05, 0.1) is 11.6 Å². The Bertz CT molecular complexity index is 882. The SMILES string of the molecule is C.C.C.C.CCC(C)(CC(C)(C)c1c(F)cc(OC(C)(C)C)cc1F)c1ccc(C#N)cc1. The number of nitrogens with zero attached hydrogens (tertiary/aromatic N) is 1. The van der Waals surface area contributed by atoms with Crippen molar-refractivity contribution in [3.05, 3.63) is 64.7 Å². The average molecular weight is 464 g/mol. The zero-order valence-electron chi connectivity index (χ0n) is 18.5. The van der Waals surface area contributed by atoms with E-state index in [1.54, 1.807) is 12.1 Å². The lowest BCUT2D eigenvalue weighted by Crippen LogP contribution is -2.33. The summed E-state index contributed by atoms with van der Waals surface area (Å²) in [5.74, 6) is -0.988. The van der Waals surface area contributed by atoms with E-state index in [-0.39, 0.29) is 46.4 Å². The van der Waals surface area contributed by atoms with E-state index < -0.39 is 22.7 Å². The van der Waals surface area contributed by atoms with Gasteiger partial charge in [0.2, 0.25) is 0 Å². The molecule has 4 heteroatoms. The highest BCUT2D eigenvalue weighted by Crippen LogP contribution is 2.43. The van der Waals surface area contributed by atoms with Crippen molar-refractivity contribution in [1.29, 1.82) is 5.26 Å². The fourth-order valence-electron chi connectivity index (χ4n) is 4.05. The third kappa shape index (κ3) is 8.46. The van der Waals surface area contributed by atoms with Crippen LogP contribution >= 0.6 is 0 Å². The second-order valence-electron chi connectivity index (χ2n) is 9.64. The summed E-state index contributed by atoms with van der Waals surface area (Å²) in [5.41, 5.74) is 0.154. The Balaban J connectivity index is -0.00000225. The number of hydrogen-bond donors (Lipinski definition) is 0. The minimum atomic E-state index is -0.743. The first-order valence-electron chi connectivity index (χ1n) is 10.0. The summed E-state index contributed by atoms with van der Waals surface area (Å²) >= 11 is 0. The molecule has 0 heterocycles. The molecule has 0 spiro atoms. The van der Waals surface area contributed by atoms with E-state index in [9.17, 15) is 0 Å². The Morgan fingerprint density at radius 3 is 1.67 bits per heavy atom. The van der Waals surface area contributed by atoms with Crippen LogP contribution in [0.5, 0.6) is 5.75 Å². The summed E-state index contributed by atoms with van der Waals surface area (Å²) in [7, 11) is 0. The van der Waals surface area contributed by atoms with E-state index in [2.05, 4.69) is 19.9 Å². The third-order valence-electron chi connectivity index (χ3n) is 5.44. The maximum atomic E-state index is 15.0. The minimum absolute atomic E-state index is 0. The molecule has 0 amide bonds. The van der Waals surface area contributed by atoms with Crippen molar-refractivity contribution in [3.63, 3.8) is 0 Å². The highest BCUT2D eigenvalue weighted by Gasteiger charge is 2.37. The van der Waals surface area contributed by atoms with Crippen LogP contribution < -0.4 is 4.74 Å². The minimum Gasteiger partial charge on any atom is -0.488 e. The predicted molar refractivity (Wildman–Crippen MR) is 140 cm³/mol. The zero-order valence-corrected chi connectivity index (χ0v) is 18.5. The van der Waals surface area contributed by atoms with Crippen LogP contribution in [0.1, 0.15) is 108 Å². The number of halogens is 2. The maximum absolute atomic E-state index is 15.0. The van der Waals surface area contributed by atoms with Crippen molar-refractivity contribution in [3.8, 4) is 11.8 Å². The van der Waals surface area contributed by atoms with Gasteiger partial charge in [0.15, 0.2) is 0 Å². The van der Waals surface area contributed by atoms with Crippen LogP contribution in [0.25, 0.3) is 0 Å². The largest absolute Gasteiger partial charge is 0.488 e. The van der Waals surface area contributed by atoms with Crippen LogP contribution in [0.3, 0.4) is 0 Å². The molecular weight excluding hydrogens is 416 g/mol. The van der Waals surface area contributed by atoms with Crippen LogP contribution in [0, 0.1) is 23.0 Å². The van der Waals surface area contributed by atoms with Crippen molar-refractivity contribution in [2.45, 2.75) is 107 Å². The molecule has 0 saturated heterocycles. The summed E-state index contributed by atoms with van der Waals surface area (Å²) in [6.07, 6.45) is 1.35. The molecule has 33 heavy (non-hydrogen) atoms. The lowest BCUT2D eigenvalue weighted by atomic mass is 9.66. The summed E-state index contributed by atoms with van der Waals surface area (Å²) in [6.45, 7) is 13.4. The lowest BCUT2D eigenvalue weighted by molar-refractivity contribution is 0.129. The molecule has 1 unspecified atom stereocenters. The molecule has 2 nitrogen and oxygen atoms in total. The highest BCUT2D eigenvalue weighted by atomic mass is 19.1. The molecule has 0 aliphatic carbocycles. The van der Waals surface area contributed by atoms with Gasteiger partial charge in [-0.1, -0.05) is 69.5 Å². The van der Waals surface area contributed by atoms with E-state index in [1.165, 1.54) is 12.1 Å². The van der Waals surface area contributed by atoms with Crippen molar-refractivity contribution < 1.29 is 13.5 Å². The zero-order chi connectivity index (χ0) is 22.0. The quantitative estimate of drug-likeness (QED) is 0.427. The molecule has 2 rings (SSSR count). The van der Waals surface area contributed by atoms with Crippen LogP contribution in [0.2, 0.25) is 0 Å². The fourth-order valence-corrected chi connectivity index (χ4v) is 4.05. The van der Waals surface area contributed by atoms with Gasteiger partial charge in [-0.3, -0.25) is 0 Å². The van der Waals surface area contributed by atoms with E-state index in [0.717, 1.165) is 12.0 Å². The molecule has 0 radical (unpaired) electrons. The van der Waals surface area contributed by atoms with Gasteiger partial charge >= 0.3 is 0 Å². The van der Waals surface area contributed by atoms with Crippen LogP contribution in [-0.2, 0) is 10.8 Å². The lowest BCUT2D eigenvalue weighted by Gasteiger charge is -2.38. The average Bonchev–Trinajstić information content (AvgIpc) is 2.58. The van der Waals surface area contributed by atoms with E-state index >= 15 is 8.78 Å². The summed E-state index contributed by atoms with van der Waals surface area (Å²) in [5, 5.41) is 9.03. The number of ether oxygens (including phenoxy) is 1. The first-order valence-corrected chi connectivity index (χ1v) is 10.0. The molecule has 0 saturated carbocycles. The Labute approximate surface area is 203 Å². The van der Waals surface area contributed by atoms with Crippen LogP contribution in [0.4, 0.5) is 8.78 Å². The van der Waals surface area contributed by atoms with Gasteiger partial charge in [0, 0.05) is 17.7 Å². The molecule has 1 atom stereocenters. The molecule has 2 aromatic carbocycles. The molecular formula is C29H47F2NO. The normalized spacial score (nSPS) is 12.5. The number of nitriles is 1. The molecule has 2 aromatic rings.